The van der Waals surface area contributed by atoms with Crippen molar-refractivity contribution in [1.29, 1.82) is 0 Å². The van der Waals surface area contributed by atoms with E-state index in [0.29, 0.717) is 23.6 Å². The van der Waals surface area contributed by atoms with Gasteiger partial charge in [0.1, 0.15) is 11.5 Å². The van der Waals surface area contributed by atoms with Gasteiger partial charge in [0.25, 0.3) is 5.91 Å². The Morgan fingerprint density at radius 3 is 2.81 bits per heavy atom. The summed E-state index contributed by atoms with van der Waals surface area (Å²) in [5.41, 5.74) is 1.61. The summed E-state index contributed by atoms with van der Waals surface area (Å²) in [6, 6.07) is 13.5. The molecule has 1 amide bonds. The van der Waals surface area contributed by atoms with Crippen LogP contribution in [0.2, 0.25) is 0 Å². The van der Waals surface area contributed by atoms with Crippen LogP contribution in [-0.2, 0) is 0 Å². The van der Waals surface area contributed by atoms with Gasteiger partial charge in [-0.15, -0.1) is 11.3 Å². The molecule has 1 fully saturated rings. The number of benzene rings is 2. The highest BCUT2D eigenvalue weighted by Crippen LogP contribution is 2.34. The average molecular weight is 382 g/mol. The minimum Gasteiger partial charge on any atom is -0.497 e. The molecular weight excluding hydrogens is 360 g/mol. The van der Waals surface area contributed by atoms with Gasteiger partial charge in [-0.3, -0.25) is 4.79 Å². The fourth-order valence-electron chi connectivity index (χ4n) is 3.57. The second kappa shape index (κ2) is 7.56. The van der Waals surface area contributed by atoms with E-state index in [1.54, 1.807) is 43.8 Å². The Hall–Kier alpha value is -2.60. The standard InChI is InChI=1S/C21H22N2O3S/c1-25-15-9-10-16(18(12-15)26-2)21(24)23-11-5-6-14(13-23)20-22-17-7-3-4-8-19(17)27-20/h3-4,7-10,12,14H,5-6,11,13H2,1-2H3. The summed E-state index contributed by atoms with van der Waals surface area (Å²) in [5, 5.41) is 1.12. The van der Waals surface area contributed by atoms with Crippen molar-refractivity contribution in [2.24, 2.45) is 0 Å². The Morgan fingerprint density at radius 2 is 2.04 bits per heavy atom. The van der Waals surface area contributed by atoms with E-state index in [4.69, 9.17) is 14.5 Å². The van der Waals surface area contributed by atoms with Crippen LogP contribution in [0.1, 0.15) is 34.1 Å². The number of ether oxygens (including phenoxy) is 2. The first-order valence-corrected chi connectivity index (χ1v) is 9.88. The van der Waals surface area contributed by atoms with Crippen LogP contribution in [0.25, 0.3) is 10.2 Å². The van der Waals surface area contributed by atoms with Gasteiger partial charge in [-0.2, -0.15) is 0 Å². The number of fused-ring (bicyclic) bond motifs is 1. The number of rotatable bonds is 4. The molecule has 1 aromatic heterocycles. The number of thiazole rings is 1. The second-order valence-corrected chi connectivity index (χ2v) is 7.74. The lowest BCUT2D eigenvalue weighted by atomic mass is 9.98. The van der Waals surface area contributed by atoms with Crippen LogP contribution in [0.3, 0.4) is 0 Å². The van der Waals surface area contributed by atoms with Crippen LogP contribution >= 0.6 is 11.3 Å². The molecule has 0 spiro atoms. The fourth-order valence-corrected chi connectivity index (χ4v) is 4.67. The number of nitrogens with zero attached hydrogens (tertiary/aromatic N) is 2. The number of methoxy groups -OCH3 is 2. The van der Waals surface area contributed by atoms with Crippen molar-refractivity contribution in [3.8, 4) is 11.5 Å². The third kappa shape index (κ3) is 3.49. The SMILES string of the molecule is COc1ccc(C(=O)N2CCCC(c3nc4ccccc4s3)C2)c(OC)c1. The topological polar surface area (TPSA) is 51.7 Å². The molecule has 1 unspecified atom stereocenters. The molecule has 140 valence electrons. The molecule has 0 N–H and O–H groups in total. The number of carbonyl (C=O) groups is 1. The summed E-state index contributed by atoms with van der Waals surface area (Å²) >= 11 is 1.74. The van der Waals surface area contributed by atoms with Crippen LogP contribution in [0.5, 0.6) is 11.5 Å². The van der Waals surface area contributed by atoms with E-state index in [0.717, 1.165) is 29.9 Å². The molecule has 1 saturated heterocycles. The van der Waals surface area contributed by atoms with Gasteiger partial charge in [0, 0.05) is 25.1 Å². The molecule has 6 heteroatoms. The lowest BCUT2D eigenvalue weighted by Crippen LogP contribution is -2.39. The van der Waals surface area contributed by atoms with E-state index >= 15 is 0 Å². The molecule has 1 atom stereocenters. The van der Waals surface area contributed by atoms with E-state index in [-0.39, 0.29) is 11.8 Å². The third-order valence-corrected chi connectivity index (χ3v) is 6.21. The third-order valence-electron chi connectivity index (χ3n) is 5.01. The first-order valence-electron chi connectivity index (χ1n) is 9.06. The normalized spacial score (nSPS) is 17.1. The maximum Gasteiger partial charge on any atom is 0.257 e. The van der Waals surface area contributed by atoms with Gasteiger partial charge in [-0.05, 0) is 37.1 Å². The number of carbonyl (C=O) groups excluding carboxylic acids is 1. The molecule has 3 aromatic rings. The highest BCUT2D eigenvalue weighted by molar-refractivity contribution is 7.18. The Bertz CT molecular complexity index is 936. The largest absolute Gasteiger partial charge is 0.497 e. The molecule has 2 aromatic carbocycles. The van der Waals surface area contributed by atoms with Crippen LogP contribution in [0.15, 0.2) is 42.5 Å². The van der Waals surface area contributed by atoms with Crippen molar-refractivity contribution < 1.29 is 14.3 Å². The van der Waals surface area contributed by atoms with Crippen LogP contribution in [-0.4, -0.2) is 43.1 Å². The van der Waals surface area contributed by atoms with Gasteiger partial charge in [-0.1, -0.05) is 12.1 Å². The summed E-state index contributed by atoms with van der Waals surface area (Å²) in [5.74, 6) is 1.50. The Labute approximate surface area is 162 Å². The van der Waals surface area contributed by atoms with E-state index in [9.17, 15) is 4.79 Å². The highest BCUT2D eigenvalue weighted by Gasteiger charge is 2.29. The molecule has 0 radical (unpaired) electrons. The van der Waals surface area contributed by atoms with Gasteiger partial charge in [0.15, 0.2) is 0 Å². The van der Waals surface area contributed by atoms with Crippen molar-refractivity contribution in [2.45, 2.75) is 18.8 Å². The maximum absolute atomic E-state index is 13.1. The number of piperidine rings is 1. The Balaban J connectivity index is 1.56. The molecule has 1 aliphatic rings. The zero-order valence-electron chi connectivity index (χ0n) is 15.5. The number of amides is 1. The lowest BCUT2D eigenvalue weighted by Gasteiger charge is -2.32. The molecule has 0 saturated carbocycles. The van der Waals surface area contributed by atoms with Crippen molar-refractivity contribution in [1.82, 2.24) is 9.88 Å². The monoisotopic (exact) mass is 382 g/mol. The van der Waals surface area contributed by atoms with Crippen LogP contribution in [0.4, 0.5) is 0 Å². The van der Waals surface area contributed by atoms with Crippen molar-refractivity contribution in [3.05, 3.63) is 53.0 Å². The minimum absolute atomic E-state index is 0.000291. The molecule has 0 aliphatic carbocycles. The van der Waals surface area contributed by atoms with Gasteiger partial charge >= 0.3 is 0 Å². The van der Waals surface area contributed by atoms with E-state index < -0.39 is 0 Å². The van der Waals surface area contributed by atoms with E-state index in [1.807, 2.05) is 23.1 Å². The van der Waals surface area contributed by atoms with Gasteiger partial charge in [0.2, 0.25) is 0 Å². The maximum atomic E-state index is 13.1. The summed E-state index contributed by atoms with van der Waals surface area (Å²) in [6.45, 7) is 1.45. The molecule has 4 rings (SSSR count). The molecular formula is C21H22N2O3S. The average Bonchev–Trinajstić information content (AvgIpc) is 3.17. The summed E-state index contributed by atoms with van der Waals surface area (Å²) in [4.78, 5) is 19.8. The molecule has 2 heterocycles. The van der Waals surface area contributed by atoms with E-state index in [1.165, 1.54) is 4.70 Å². The quantitative estimate of drug-likeness (QED) is 0.674. The van der Waals surface area contributed by atoms with Crippen molar-refractivity contribution in [2.75, 3.05) is 27.3 Å². The second-order valence-electron chi connectivity index (χ2n) is 6.68. The number of hydrogen-bond acceptors (Lipinski definition) is 5. The minimum atomic E-state index is 0.000291. The van der Waals surface area contributed by atoms with E-state index in [2.05, 4.69) is 6.07 Å². The summed E-state index contributed by atoms with van der Waals surface area (Å²) in [7, 11) is 3.18. The predicted molar refractivity (Wildman–Crippen MR) is 107 cm³/mol. The lowest BCUT2D eigenvalue weighted by molar-refractivity contribution is 0.0703. The molecule has 5 nitrogen and oxygen atoms in total. The Morgan fingerprint density at radius 1 is 1.19 bits per heavy atom. The molecule has 27 heavy (non-hydrogen) atoms. The highest BCUT2D eigenvalue weighted by atomic mass is 32.1. The fraction of sp³-hybridized carbons (Fsp3) is 0.333. The van der Waals surface area contributed by atoms with Crippen LogP contribution < -0.4 is 9.47 Å². The Kier molecular flexibility index (Phi) is 4.99. The van der Waals surface area contributed by atoms with Crippen LogP contribution in [0, 0.1) is 0 Å². The zero-order valence-corrected chi connectivity index (χ0v) is 16.3. The number of aromatic nitrogens is 1. The van der Waals surface area contributed by atoms with Crippen molar-refractivity contribution in [3.63, 3.8) is 0 Å². The van der Waals surface area contributed by atoms with Gasteiger partial charge < -0.3 is 14.4 Å². The van der Waals surface area contributed by atoms with Gasteiger partial charge in [0.05, 0.1) is 35.0 Å². The summed E-state index contributed by atoms with van der Waals surface area (Å²) < 4.78 is 11.8. The zero-order chi connectivity index (χ0) is 18.8. The number of hydrogen-bond donors (Lipinski definition) is 0. The number of para-hydroxylation sites is 1. The predicted octanol–water partition coefficient (Wildman–Crippen LogP) is 4.33. The smallest absolute Gasteiger partial charge is 0.257 e. The number of likely N-dealkylation sites (tertiary alicyclic amines) is 1. The molecule has 0 bridgehead atoms. The first kappa shape index (κ1) is 17.8. The van der Waals surface area contributed by atoms with Crippen molar-refractivity contribution >= 4 is 27.5 Å². The van der Waals surface area contributed by atoms with Gasteiger partial charge in [-0.25, -0.2) is 4.98 Å². The molecule has 1 aliphatic heterocycles. The summed E-state index contributed by atoms with van der Waals surface area (Å²) in [6.07, 6.45) is 2.04. The first-order chi connectivity index (χ1) is 13.2.